The van der Waals surface area contributed by atoms with E-state index in [1.807, 2.05) is 71.6 Å². The van der Waals surface area contributed by atoms with Gasteiger partial charge in [0.05, 0.1) is 17.0 Å². The van der Waals surface area contributed by atoms with Crippen LogP contribution in [0.25, 0.3) is 11.0 Å². The molecule has 0 aliphatic carbocycles. The highest BCUT2D eigenvalue weighted by atomic mass is 16.5. The molecule has 0 radical (unpaired) electrons. The van der Waals surface area contributed by atoms with Gasteiger partial charge in [-0.15, -0.1) is 0 Å². The number of rotatable bonds is 14. The quantitative estimate of drug-likeness (QED) is 0.165. The van der Waals surface area contributed by atoms with E-state index in [2.05, 4.69) is 18.7 Å². The van der Waals surface area contributed by atoms with E-state index in [1.54, 1.807) is 12.1 Å². The maximum atomic E-state index is 13.8. The van der Waals surface area contributed by atoms with E-state index in [4.69, 9.17) is 9.15 Å². The fourth-order valence-corrected chi connectivity index (χ4v) is 5.62. The van der Waals surface area contributed by atoms with E-state index in [1.165, 1.54) is 12.8 Å². The van der Waals surface area contributed by atoms with Crippen molar-refractivity contribution in [1.82, 2.24) is 9.80 Å². The molecule has 214 valence electrons. The predicted octanol–water partition coefficient (Wildman–Crippen LogP) is 7.21. The number of benzene rings is 3. The van der Waals surface area contributed by atoms with E-state index in [-0.39, 0.29) is 17.1 Å². The number of amides is 1. The Morgan fingerprint density at radius 1 is 0.829 bits per heavy atom. The van der Waals surface area contributed by atoms with Crippen molar-refractivity contribution in [1.29, 1.82) is 0 Å². The summed E-state index contributed by atoms with van der Waals surface area (Å²) in [5.74, 6) is 0.628. The lowest BCUT2D eigenvalue weighted by Gasteiger charge is -2.27. The molecule has 0 saturated heterocycles. The number of hydrogen-bond acceptors (Lipinski definition) is 5. The van der Waals surface area contributed by atoms with Crippen LogP contribution in [0.15, 0.2) is 88.1 Å². The topological polar surface area (TPSA) is 63.0 Å². The number of carbonyl (C=O) groups is 1. The van der Waals surface area contributed by atoms with Crippen molar-refractivity contribution in [2.75, 3.05) is 26.2 Å². The number of para-hydroxylation sites is 1. The maximum Gasteiger partial charge on any atom is 0.290 e. The van der Waals surface area contributed by atoms with Gasteiger partial charge >= 0.3 is 0 Å². The summed E-state index contributed by atoms with van der Waals surface area (Å²) in [5.41, 5.74) is 2.63. The molecule has 0 N–H and O–H groups in total. The molecular formula is C35H40N2O4. The smallest absolute Gasteiger partial charge is 0.290 e. The summed E-state index contributed by atoms with van der Waals surface area (Å²) in [5, 5.41) is 0.493. The van der Waals surface area contributed by atoms with Gasteiger partial charge in [-0.2, -0.15) is 0 Å². The highest BCUT2D eigenvalue weighted by Gasteiger charge is 2.42. The largest absolute Gasteiger partial charge is 0.489 e. The first-order valence-electron chi connectivity index (χ1n) is 15.0. The molecule has 6 heteroatoms. The van der Waals surface area contributed by atoms with E-state index >= 15 is 0 Å². The van der Waals surface area contributed by atoms with Crippen LogP contribution in [-0.2, 0) is 6.61 Å². The Morgan fingerprint density at radius 2 is 1.54 bits per heavy atom. The van der Waals surface area contributed by atoms with Crippen molar-refractivity contribution in [3.63, 3.8) is 0 Å². The molecule has 1 aliphatic rings. The first kappa shape index (κ1) is 28.6. The maximum absolute atomic E-state index is 13.8. The SMILES string of the molecule is CCCCN(CCCC)CCCN1C(=O)c2oc3ccccc3c(=O)c2C1c1cccc(OCc2ccccc2)c1. The van der Waals surface area contributed by atoms with Crippen LogP contribution in [0.3, 0.4) is 0 Å². The molecule has 5 rings (SSSR count). The second-order valence-electron chi connectivity index (χ2n) is 10.8. The average Bonchev–Trinajstić information content (AvgIpc) is 3.29. The third-order valence-corrected chi connectivity index (χ3v) is 7.82. The summed E-state index contributed by atoms with van der Waals surface area (Å²) in [6, 6.07) is 24.4. The number of hydrogen-bond donors (Lipinski definition) is 0. The van der Waals surface area contributed by atoms with Gasteiger partial charge < -0.3 is 19.0 Å². The molecule has 41 heavy (non-hydrogen) atoms. The lowest BCUT2D eigenvalue weighted by atomic mass is 9.98. The standard InChI is InChI=1S/C35H40N2O4/c1-3-5-20-36(21-6-4-2)22-13-23-37-32(27-16-12-17-28(24-27)40-25-26-14-8-7-9-15-26)31-33(38)29-18-10-11-19-30(29)41-34(31)35(37)39/h7-12,14-19,24,32H,3-6,13,20-23,25H2,1-2H3. The van der Waals surface area contributed by atoms with Crippen LogP contribution in [0.1, 0.15) is 79.2 Å². The highest BCUT2D eigenvalue weighted by molar-refractivity contribution is 5.99. The molecule has 0 saturated carbocycles. The lowest BCUT2D eigenvalue weighted by Crippen LogP contribution is -2.34. The monoisotopic (exact) mass is 552 g/mol. The minimum atomic E-state index is -0.529. The number of unbranched alkanes of at least 4 members (excludes halogenated alkanes) is 2. The number of fused-ring (bicyclic) bond motifs is 2. The summed E-state index contributed by atoms with van der Waals surface area (Å²) < 4.78 is 12.2. The van der Waals surface area contributed by atoms with Crippen LogP contribution in [0.4, 0.5) is 0 Å². The van der Waals surface area contributed by atoms with E-state index < -0.39 is 6.04 Å². The first-order chi connectivity index (χ1) is 20.1. The zero-order valence-electron chi connectivity index (χ0n) is 24.2. The molecule has 0 spiro atoms. The fourth-order valence-electron chi connectivity index (χ4n) is 5.62. The molecule has 1 amide bonds. The lowest BCUT2D eigenvalue weighted by molar-refractivity contribution is 0.0719. The molecule has 4 aromatic rings. The van der Waals surface area contributed by atoms with E-state index in [0.29, 0.717) is 35.4 Å². The van der Waals surface area contributed by atoms with Crippen LogP contribution < -0.4 is 10.2 Å². The van der Waals surface area contributed by atoms with Crippen molar-refractivity contribution in [3.05, 3.63) is 112 Å². The molecule has 1 aliphatic heterocycles. The first-order valence-corrected chi connectivity index (χ1v) is 15.0. The van der Waals surface area contributed by atoms with Gasteiger partial charge in [0, 0.05) is 6.54 Å². The molecule has 1 atom stereocenters. The Labute approximate surface area is 242 Å². The summed E-state index contributed by atoms with van der Waals surface area (Å²) in [7, 11) is 0. The Morgan fingerprint density at radius 3 is 2.29 bits per heavy atom. The molecule has 3 aromatic carbocycles. The number of carbonyl (C=O) groups excluding carboxylic acids is 1. The molecule has 0 fully saturated rings. The second kappa shape index (κ2) is 13.6. The van der Waals surface area contributed by atoms with Gasteiger partial charge in [0.15, 0.2) is 5.43 Å². The fraction of sp³-hybridized carbons (Fsp3) is 0.371. The second-order valence-corrected chi connectivity index (χ2v) is 10.8. The average molecular weight is 553 g/mol. The molecule has 1 aromatic heterocycles. The van der Waals surface area contributed by atoms with Gasteiger partial charge in [-0.25, -0.2) is 0 Å². The zero-order chi connectivity index (χ0) is 28.6. The zero-order valence-corrected chi connectivity index (χ0v) is 24.2. The highest BCUT2D eigenvalue weighted by Crippen LogP contribution is 2.39. The number of ether oxygens (including phenoxy) is 1. The third-order valence-electron chi connectivity index (χ3n) is 7.82. The Hall–Kier alpha value is -3.90. The molecule has 0 bridgehead atoms. The Bertz CT molecular complexity index is 1510. The molecular weight excluding hydrogens is 512 g/mol. The normalized spacial score (nSPS) is 14.7. The van der Waals surface area contributed by atoms with Gasteiger partial charge in [-0.1, -0.05) is 81.3 Å². The van der Waals surface area contributed by atoms with Gasteiger partial charge in [0.2, 0.25) is 5.76 Å². The predicted molar refractivity (Wildman–Crippen MR) is 163 cm³/mol. The van der Waals surface area contributed by atoms with Crippen LogP contribution in [0, 0.1) is 0 Å². The van der Waals surface area contributed by atoms with Crippen LogP contribution in [0.5, 0.6) is 5.75 Å². The Balaban J connectivity index is 1.45. The minimum absolute atomic E-state index is 0.147. The van der Waals surface area contributed by atoms with Gasteiger partial charge in [-0.05, 0) is 74.3 Å². The van der Waals surface area contributed by atoms with Gasteiger partial charge in [-0.3, -0.25) is 9.59 Å². The van der Waals surface area contributed by atoms with Crippen molar-refractivity contribution < 1.29 is 13.9 Å². The Kier molecular flexibility index (Phi) is 9.52. The van der Waals surface area contributed by atoms with Gasteiger partial charge in [0.25, 0.3) is 5.91 Å². The van der Waals surface area contributed by atoms with Crippen LogP contribution in [-0.4, -0.2) is 41.9 Å². The number of nitrogens with zero attached hydrogens (tertiary/aromatic N) is 2. The van der Waals surface area contributed by atoms with Crippen molar-refractivity contribution >= 4 is 16.9 Å². The molecule has 6 nitrogen and oxygen atoms in total. The summed E-state index contributed by atoms with van der Waals surface area (Å²) in [6.07, 6.45) is 5.48. The van der Waals surface area contributed by atoms with E-state index in [9.17, 15) is 9.59 Å². The van der Waals surface area contributed by atoms with Crippen molar-refractivity contribution in [2.45, 2.75) is 58.6 Å². The summed E-state index contributed by atoms with van der Waals surface area (Å²) in [4.78, 5) is 32.0. The van der Waals surface area contributed by atoms with Crippen molar-refractivity contribution in [2.24, 2.45) is 0 Å². The molecule has 2 heterocycles. The van der Waals surface area contributed by atoms with Crippen LogP contribution >= 0.6 is 0 Å². The molecule has 1 unspecified atom stereocenters. The minimum Gasteiger partial charge on any atom is -0.489 e. The van der Waals surface area contributed by atoms with E-state index in [0.717, 1.165) is 50.0 Å². The summed E-state index contributed by atoms with van der Waals surface area (Å²) >= 11 is 0. The van der Waals surface area contributed by atoms with Crippen LogP contribution in [0.2, 0.25) is 0 Å². The summed E-state index contributed by atoms with van der Waals surface area (Å²) in [6.45, 7) is 8.46. The van der Waals surface area contributed by atoms with Gasteiger partial charge in [0.1, 0.15) is 17.9 Å². The third kappa shape index (κ3) is 6.54. The van der Waals surface area contributed by atoms with Crippen molar-refractivity contribution in [3.8, 4) is 5.75 Å².